The van der Waals surface area contributed by atoms with Gasteiger partial charge in [0.1, 0.15) is 0 Å². The van der Waals surface area contributed by atoms with Crippen molar-refractivity contribution in [1.82, 2.24) is 0 Å². The van der Waals surface area contributed by atoms with Gasteiger partial charge in [-0.05, 0) is 0 Å². The summed E-state index contributed by atoms with van der Waals surface area (Å²) < 4.78 is 0. The fraction of sp³-hybridized carbons (Fsp3) is 0.400. The van der Waals surface area contributed by atoms with E-state index >= 15 is 0 Å². The van der Waals surface area contributed by atoms with E-state index in [0.29, 0.717) is 0 Å². The van der Waals surface area contributed by atoms with Crippen LogP contribution in [0, 0.1) is 0 Å². The molecule has 0 bridgehead atoms. The molecular formula is C10H14ClPSe. The van der Waals surface area contributed by atoms with Gasteiger partial charge >= 0.3 is 92.8 Å². The number of benzene rings is 1. The molecule has 0 N–H and O–H groups in total. The Balaban J connectivity index is 3.17. The Labute approximate surface area is 92.7 Å². The normalized spacial score (nSPS) is 16.6. The SMILES string of the molecule is CC(C)(C)P(Cl)(=[Se])c1ccccc1. The first-order valence-electron chi connectivity index (χ1n) is 4.21. The van der Waals surface area contributed by atoms with Gasteiger partial charge in [-0.1, -0.05) is 0 Å². The average Bonchev–Trinajstić information content (AvgIpc) is 2.04. The summed E-state index contributed by atoms with van der Waals surface area (Å²) in [6, 6.07) is 10.3. The van der Waals surface area contributed by atoms with Gasteiger partial charge in [0.15, 0.2) is 0 Å². The molecule has 0 aliphatic rings. The van der Waals surface area contributed by atoms with Gasteiger partial charge in [0.2, 0.25) is 0 Å². The molecule has 0 amide bonds. The minimum atomic E-state index is -1.63. The van der Waals surface area contributed by atoms with Crippen LogP contribution in [-0.2, 0) is 0 Å². The summed E-state index contributed by atoms with van der Waals surface area (Å²) in [6.07, 6.45) is 0. The van der Waals surface area contributed by atoms with Crippen molar-refractivity contribution in [3.05, 3.63) is 30.3 Å². The van der Waals surface area contributed by atoms with Gasteiger partial charge in [-0.25, -0.2) is 0 Å². The van der Waals surface area contributed by atoms with Gasteiger partial charge in [-0.3, -0.25) is 0 Å². The fourth-order valence-electron chi connectivity index (χ4n) is 1.01. The van der Waals surface area contributed by atoms with Crippen LogP contribution in [0.1, 0.15) is 20.8 Å². The first kappa shape index (κ1) is 11.5. The van der Waals surface area contributed by atoms with Gasteiger partial charge in [-0.15, -0.1) is 0 Å². The summed E-state index contributed by atoms with van der Waals surface area (Å²) in [5, 5.41) is 1.36. The zero-order valence-electron chi connectivity index (χ0n) is 8.12. The quantitative estimate of drug-likeness (QED) is 0.546. The van der Waals surface area contributed by atoms with Crippen LogP contribution < -0.4 is 5.30 Å². The third-order valence-electron chi connectivity index (χ3n) is 1.95. The van der Waals surface area contributed by atoms with Crippen LogP contribution in [0.25, 0.3) is 0 Å². The van der Waals surface area contributed by atoms with Crippen molar-refractivity contribution in [2.45, 2.75) is 25.9 Å². The molecule has 72 valence electrons. The number of rotatable bonds is 1. The second kappa shape index (κ2) is 3.91. The van der Waals surface area contributed by atoms with Gasteiger partial charge < -0.3 is 0 Å². The number of hydrogen-bond acceptors (Lipinski definition) is 0. The van der Waals surface area contributed by atoms with Gasteiger partial charge in [0.05, 0.1) is 0 Å². The maximum atomic E-state index is 6.59. The Morgan fingerprint density at radius 3 is 2.00 bits per heavy atom. The van der Waals surface area contributed by atoms with Gasteiger partial charge in [-0.2, -0.15) is 0 Å². The Kier molecular flexibility index (Phi) is 3.47. The summed E-state index contributed by atoms with van der Waals surface area (Å²) in [4.78, 5) is -1.63. The molecule has 0 saturated heterocycles. The molecule has 0 aliphatic carbocycles. The van der Waals surface area contributed by atoms with Crippen molar-refractivity contribution >= 4 is 36.5 Å². The van der Waals surface area contributed by atoms with E-state index < -0.39 is 4.86 Å². The van der Waals surface area contributed by atoms with Crippen LogP contribution in [0.3, 0.4) is 0 Å². The predicted molar refractivity (Wildman–Crippen MR) is 64.4 cm³/mol. The molecule has 0 heterocycles. The van der Waals surface area contributed by atoms with Crippen LogP contribution in [0.2, 0.25) is 0 Å². The summed E-state index contributed by atoms with van der Waals surface area (Å²) in [5.74, 6) is 0. The minimum absolute atomic E-state index is 0.121. The fourth-order valence-corrected chi connectivity index (χ4v) is 3.44. The molecule has 0 fully saturated rings. The molecule has 0 aromatic heterocycles. The van der Waals surface area contributed by atoms with Crippen molar-refractivity contribution < 1.29 is 0 Å². The third-order valence-corrected chi connectivity index (χ3v) is 11.5. The molecule has 3 heteroatoms. The standard InChI is InChI=1S/C10H14ClPSe/c1-10(2,3)12(11,13)9-7-5-4-6-8-9/h4-8H,1-3H3. The van der Waals surface area contributed by atoms with Crippen LogP contribution in [0.15, 0.2) is 30.3 Å². The van der Waals surface area contributed by atoms with E-state index in [4.69, 9.17) is 11.2 Å². The van der Waals surface area contributed by atoms with Crippen LogP contribution >= 0.6 is 16.1 Å². The first-order valence-corrected chi connectivity index (χ1v) is 9.12. The first-order chi connectivity index (χ1) is 5.86. The van der Waals surface area contributed by atoms with E-state index in [1.54, 1.807) is 0 Å². The van der Waals surface area contributed by atoms with Gasteiger partial charge in [0.25, 0.3) is 0 Å². The Morgan fingerprint density at radius 1 is 1.15 bits per heavy atom. The van der Waals surface area contributed by atoms with Crippen molar-refractivity contribution in [2.75, 3.05) is 0 Å². The number of halogens is 1. The van der Waals surface area contributed by atoms with Crippen LogP contribution in [0.5, 0.6) is 0 Å². The Morgan fingerprint density at radius 2 is 1.62 bits per heavy atom. The van der Waals surface area contributed by atoms with Crippen LogP contribution in [-0.4, -0.2) is 20.3 Å². The molecule has 1 rings (SSSR count). The molecule has 13 heavy (non-hydrogen) atoms. The van der Waals surface area contributed by atoms with Crippen molar-refractivity contribution in [2.24, 2.45) is 0 Å². The van der Waals surface area contributed by atoms with Crippen molar-refractivity contribution in [1.29, 1.82) is 0 Å². The summed E-state index contributed by atoms with van der Waals surface area (Å²) in [6.45, 7) is 6.53. The Hall–Kier alpha value is 0.459. The second-order valence-corrected chi connectivity index (χ2v) is 13.3. The Bertz CT molecular complexity index is 327. The zero-order chi connectivity index (χ0) is 10.1. The van der Waals surface area contributed by atoms with Gasteiger partial charge in [0, 0.05) is 0 Å². The molecule has 1 aromatic carbocycles. The molecule has 1 atom stereocenters. The summed E-state index contributed by atoms with van der Waals surface area (Å²) in [5.41, 5.74) is 0. The maximum absolute atomic E-state index is 6.59. The van der Waals surface area contributed by atoms with Crippen molar-refractivity contribution in [3.63, 3.8) is 0 Å². The zero-order valence-corrected chi connectivity index (χ0v) is 11.5. The molecule has 0 spiro atoms. The second-order valence-electron chi connectivity index (χ2n) is 4.04. The predicted octanol–water partition coefficient (Wildman–Crippen LogP) is 3.37. The van der Waals surface area contributed by atoms with E-state index in [1.807, 2.05) is 18.2 Å². The summed E-state index contributed by atoms with van der Waals surface area (Å²) >= 11 is 9.78. The monoisotopic (exact) mass is 280 g/mol. The van der Waals surface area contributed by atoms with Crippen molar-refractivity contribution in [3.8, 4) is 0 Å². The number of hydrogen-bond donors (Lipinski definition) is 0. The third kappa shape index (κ3) is 2.48. The molecule has 1 unspecified atom stereocenters. The van der Waals surface area contributed by atoms with E-state index in [2.05, 4.69) is 48.0 Å². The molecule has 0 radical (unpaired) electrons. The molecule has 0 aliphatic heterocycles. The van der Waals surface area contributed by atoms with Crippen LogP contribution in [0.4, 0.5) is 0 Å². The van der Waals surface area contributed by atoms with E-state index in [-0.39, 0.29) is 5.16 Å². The molecule has 1 aromatic rings. The average molecular weight is 280 g/mol. The summed E-state index contributed by atoms with van der Waals surface area (Å²) in [7, 11) is 0. The topological polar surface area (TPSA) is 0 Å². The molecular weight excluding hydrogens is 265 g/mol. The van der Waals surface area contributed by atoms with E-state index in [1.165, 1.54) is 5.30 Å². The molecule has 0 nitrogen and oxygen atoms in total. The van der Waals surface area contributed by atoms with E-state index in [0.717, 1.165) is 0 Å². The molecule has 0 saturated carbocycles. The van der Waals surface area contributed by atoms with E-state index in [9.17, 15) is 0 Å².